The Hall–Kier alpha value is -1.27. The number of hydrogen-bond acceptors (Lipinski definition) is 3. The van der Waals surface area contributed by atoms with E-state index in [2.05, 4.69) is 0 Å². The summed E-state index contributed by atoms with van der Waals surface area (Å²) in [7, 11) is -1.79. The molecule has 0 saturated carbocycles. The lowest BCUT2D eigenvalue weighted by Crippen LogP contribution is -2.30. The molecule has 5 nitrogen and oxygen atoms in total. The molecule has 0 aromatic heterocycles. The fourth-order valence-corrected chi connectivity index (χ4v) is 3.18. The zero-order chi connectivity index (χ0) is 12.5. The van der Waals surface area contributed by atoms with Gasteiger partial charge in [0.25, 0.3) is 0 Å². The number of benzene rings is 1. The van der Waals surface area contributed by atoms with E-state index in [-0.39, 0.29) is 0 Å². The summed E-state index contributed by atoms with van der Waals surface area (Å²) < 4.78 is 32.3. The van der Waals surface area contributed by atoms with Gasteiger partial charge in [-0.05, 0) is 19.1 Å². The molecule has 1 aromatic carbocycles. The van der Waals surface area contributed by atoms with Gasteiger partial charge in [-0.25, -0.2) is 0 Å². The first-order valence-electron chi connectivity index (χ1n) is 5.53. The van der Waals surface area contributed by atoms with Crippen molar-refractivity contribution in [1.29, 1.82) is 0 Å². The average Bonchev–Trinajstić information content (AvgIpc) is 2.56. The number of anilines is 1. The van der Waals surface area contributed by atoms with Crippen molar-refractivity contribution in [1.82, 2.24) is 4.31 Å². The second-order valence-electron chi connectivity index (χ2n) is 3.80. The first-order chi connectivity index (χ1) is 8.07. The molecule has 1 fully saturated rings. The molecular weight excluding hydrogens is 240 g/mol. The highest BCUT2D eigenvalue weighted by molar-refractivity contribution is 7.90. The molecule has 1 aromatic rings. The summed E-state index contributed by atoms with van der Waals surface area (Å²) in [5.41, 5.74) is 0.610. The standard InChI is InChI=1S/C11H16N2O3S/c1-3-16-11-7-5-4-6-10(11)13-9-8-12(2)17(13,14)15/h4-7H,3,8-9H2,1-2H3. The Morgan fingerprint density at radius 2 is 2.00 bits per heavy atom. The van der Waals surface area contributed by atoms with Crippen LogP contribution in [-0.2, 0) is 10.2 Å². The topological polar surface area (TPSA) is 49.9 Å². The van der Waals surface area contributed by atoms with Gasteiger partial charge in [0.1, 0.15) is 5.75 Å². The molecule has 1 aliphatic heterocycles. The lowest BCUT2D eigenvalue weighted by molar-refractivity contribution is 0.341. The molecule has 2 rings (SSSR count). The second-order valence-corrected chi connectivity index (χ2v) is 5.76. The summed E-state index contributed by atoms with van der Waals surface area (Å²) in [5, 5.41) is 0. The van der Waals surface area contributed by atoms with Gasteiger partial charge >= 0.3 is 10.2 Å². The zero-order valence-electron chi connectivity index (χ0n) is 9.96. The Morgan fingerprint density at radius 1 is 1.29 bits per heavy atom. The highest BCUT2D eigenvalue weighted by atomic mass is 32.2. The predicted octanol–water partition coefficient (Wildman–Crippen LogP) is 1.08. The highest BCUT2D eigenvalue weighted by Gasteiger charge is 2.35. The minimum Gasteiger partial charge on any atom is -0.492 e. The SMILES string of the molecule is CCOc1ccccc1N1CCN(C)S1(=O)=O. The second kappa shape index (κ2) is 4.54. The van der Waals surface area contributed by atoms with E-state index in [4.69, 9.17) is 4.74 Å². The smallest absolute Gasteiger partial charge is 0.304 e. The Kier molecular flexibility index (Phi) is 3.26. The molecule has 0 spiro atoms. The van der Waals surface area contributed by atoms with E-state index in [1.807, 2.05) is 19.1 Å². The number of hydrogen-bond donors (Lipinski definition) is 0. The van der Waals surface area contributed by atoms with Crippen LogP contribution in [0, 0.1) is 0 Å². The van der Waals surface area contributed by atoms with E-state index >= 15 is 0 Å². The van der Waals surface area contributed by atoms with Gasteiger partial charge in [0, 0.05) is 20.1 Å². The van der Waals surface area contributed by atoms with Crippen LogP contribution >= 0.6 is 0 Å². The quantitative estimate of drug-likeness (QED) is 0.813. The molecule has 1 aliphatic rings. The van der Waals surface area contributed by atoms with E-state index in [0.717, 1.165) is 0 Å². The summed E-state index contributed by atoms with van der Waals surface area (Å²) in [5.74, 6) is 0.605. The van der Waals surface area contributed by atoms with Crippen LogP contribution in [0.4, 0.5) is 5.69 Å². The maximum atomic E-state index is 12.0. The summed E-state index contributed by atoms with van der Waals surface area (Å²) in [6, 6.07) is 7.20. The first kappa shape index (κ1) is 12.2. The molecule has 1 heterocycles. The van der Waals surface area contributed by atoms with E-state index in [9.17, 15) is 8.42 Å². The Morgan fingerprint density at radius 3 is 2.59 bits per heavy atom. The average molecular weight is 256 g/mol. The molecule has 0 amide bonds. The minimum absolute atomic E-state index is 0.461. The molecule has 0 unspecified atom stereocenters. The molecule has 0 N–H and O–H groups in total. The highest BCUT2D eigenvalue weighted by Crippen LogP contribution is 2.32. The number of para-hydroxylation sites is 2. The van der Waals surface area contributed by atoms with Crippen LogP contribution in [0.2, 0.25) is 0 Å². The normalized spacial score (nSPS) is 19.5. The lowest BCUT2D eigenvalue weighted by Gasteiger charge is -2.20. The van der Waals surface area contributed by atoms with Crippen molar-refractivity contribution in [3.05, 3.63) is 24.3 Å². The van der Waals surface area contributed by atoms with Gasteiger partial charge in [-0.1, -0.05) is 12.1 Å². The lowest BCUT2D eigenvalue weighted by atomic mass is 10.3. The largest absolute Gasteiger partial charge is 0.492 e. The van der Waals surface area contributed by atoms with Crippen LogP contribution < -0.4 is 9.04 Å². The molecule has 6 heteroatoms. The van der Waals surface area contributed by atoms with E-state index in [1.165, 1.54) is 8.61 Å². The fraction of sp³-hybridized carbons (Fsp3) is 0.455. The van der Waals surface area contributed by atoms with Crippen LogP contribution in [0.3, 0.4) is 0 Å². The number of ether oxygens (including phenoxy) is 1. The third kappa shape index (κ3) is 2.10. The third-order valence-electron chi connectivity index (χ3n) is 2.72. The van der Waals surface area contributed by atoms with Crippen molar-refractivity contribution < 1.29 is 13.2 Å². The molecule has 17 heavy (non-hydrogen) atoms. The van der Waals surface area contributed by atoms with Crippen molar-refractivity contribution in [2.24, 2.45) is 0 Å². The molecular formula is C11H16N2O3S. The molecule has 1 saturated heterocycles. The number of rotatable bonds is 3. The van der Waals surface area contributed by atoms with Crippen molar-refractivity contribution >= 4 is 15.9 Å². The van der Waals surface area contributed by atoms with Gasteiger partial charge in [0.15, 0.2) is 0 Å². The summed E-state index contributed by atoms with van der Waals surface area (Å²) in [6.07, 6.45) is 0. The van der Waals surface area contributed by atoms with Crippen molar-refractivity contribution in [2.45, 2.75) is 6.92 Å². The summed E-state index contributed by atoms with van der Waals surface area (Å²) in [4.78, 5) is 0. The molecule has 0 atom stereocenters. The van der Waals surface area contributed by atoms with Crippen LogP contribution in [0.15, 0.2) is 24.3 Å². The van der Waals surface area contributed by atoms with Crippen LogP contribution in [0.1, 0.15) is 6.92 Å². The summed E-state index contributed by atoms with van der Waals surface area (Å²) >= 11 is 0. The van der Waals surface area contributed by atoms with Gasteiger partial charge in [0.05, 0.1) is 12.3 Å². The zero-order valence-corrected chi connectivity index (χ0v) is 10.8. The number of nitrogens with zero attached hydrogens (tertiary/aromatic N) is 2. The Labute approximate surface area is 102 Å². The van der Waals surface area contributed by atoms with Crippen LogP contribution in [0.5, 0.6) is 5.75 Å². The van der Waals surface area contributed by atoms with Gasteiger partial charge in [-0.15, -0.1) is 0 Å². The van der Waals surface area contributed by atoms with E-state index in [1.54, 1.807) is 19.2 Å². The van der Waals surface area contributed by atoms with Crippen molar-refractivity contribution in [3.8, 4) is 5.75 Å². The van der Waals surface area contributed by atoms with E-state index < -0.39 is 10.2 Å². The van der Waals surface area contributed by atoms with Gasteiger partial charge < -0.3 is 4.74 Å². The number of likely N-dealkylation sites (N-methyl/N-ethyl adjacent to an activating group) is 1. The summed E-state index contributed by atoms with van der Waals surface area (Å²) in [6.45, 7) is 3.36. The fourth-order valence-electron chi connectivity index (χ4n) is 1.82. The maximum absolute atomic E-state index is 12.0. The monoisotopic (exact) mass is 256 g/mol. The predicted molar refractivity (Wildman–Crippen MR) is 66.5 cm³/mol. The third-order valence-corrected chi connectivity index (χ3v) is 4.63. The first-order valence-corrected chi connectivity index (χ1v) is 6.93. The van der Waals surface area contributed by atoms with Gasteiger partial charge in [0.2, 0.25) is 0 Å². The molecule has 0 radical (unpaired) electrons. The Bertz CT molecular complexity index is 501. The van der Waals surface area contributed by atoms with Crippen molar-refractivity contribution in [2.75, 3.05) is 31.0 Å². The van der Waals surface area contributed by atoms with E-state index in [0.29, 0.717) is 31.1 Å². The van der Waals surface area contributed by atoms with Crippen LogP contribution in [0.25, 0.3) is 0 Å². The maximum Gasteiger partial charge on any atom is 0.304 e. The van der Waals surface area contributed by atoms with Crippen LogP contribution in [-0.4, -0.2) is 39.5 Å². The molecule has 0 bridgehead atoms. The minimum atomic E-state index is -3.37. The van der Waals surface area contributed by atoms with Crippen molar-refractivity contribution in [3.63, 3.8) is 0 Å². The molecule has 0 aliphatic carbocycles. The van der Waals surface area contributed by atoms with Gasteiger partial charge in [-0.3, -0.25) is 4.31 Å². The Balaban J connectivity index is 2.41. The van der Waals surface area contributed by atoms with Gasteiger partial charge in [-0.2, -0.15) is 12.7 Å². The molecule has 94 valence electrons.